The van der Waals surface area contributed by atoms with E-state index in [1.807, 2.05) is 0 Å². The lowest BCUT2D eigenvalue weighted by Gasteiger charge is -2.06. The van der Waals surface area contributed by atoms with Crippen LogP contribution in [0, 0.1) is 0 Å². The van der Waals surface area contributed by atoms with Crippen LogP contribution < -0.4 is 5.73 Å². The predicted octanol–water partition coefficient (Wildman–Crippen LogP) is 1.12. The molecule has 0 aliphatic heterocycles. The van der Waals surface area contributed by atoms with E-state index in [4.69, 9.17) is 19.7 Å². The second-order valence-electron chi connectivity index (χ2n) is 4.13. The first kappa shape index (κ1) is 15.1. The summed E-state index contributed by atoms with van der Waals surface area (Å²) >= 11 is 0. The molecule has 18 heavy (non-hydrogen) atoms. The summed E-state index contributed by atoms with van der Waals surface area (Å²) in [5, 5.41) is 3.93. The molecule has 1 atom stereocenters. The van der Waals surface area contributed by atoms with Gasteiger partial charge >= 0.3 is 0 Å². The summed E-state index contributed by atoms with van der Waals surface area (Å²) in [6, 6.07) is 0. The second kappa shape index (κ2) is 9.02. The molecule has 0 spiro atoms. The topological polar surface area (TPSA) is 83.4 Å². The normalized spacial score (nSPS) is 12.8. The summed E-state index contributed by atoms with van der Waals surface area (Å²) < 4.78 is 15.5. The van der Waals surface area contributed by atoms with Gasteiger partial charge in [0.05, 0.1) is 25.7 Å². The maximum Gasteiger partial charge on any atom is 0.231 e. The number of hydrogen-bond acceptors (Lipinski definition) is 6. The van der Waals surface area contributed by atoms with Crippen molar-refractivity contribution in [2.75, 3.05) is 33.5 Å². The zero-order valence-corrected chi connectivity index (χ0v) is 11.2. The van der Waals surface area contributed by atoms with Crippen LogP contribution in [0.25, 0.3) is 0 Å². The van der Waals surface area contributed by atoms with E-state index in [0.717, 1.165) is 12.8 Å². The fourth-order valence-corrected chi connectivity index (χ4v) is 1.63. The molecule has 1 rings (SSSR count). The molecule has 0 saturated carbocycles. The molecule has 0 amide bonds. The predicted molar refractivity (Wildman–Crippen MR) is 67.4 cm³/mol. The van der Waals surface area contributed by atoms with Crippen LogP contribution in [-0.4, -0.2) is 43.6 Å². The summed E-state index contributed by atoms with van der Waals surface area (Å²) in [4.78, 5) is 4.35. The molecule has 0 radical (unpaired) electrons. The van der Waals surface area contributed by atoms with Crippen molar-refractivity contribution in [3.63, 3.8) is 0 Å². The number of nitrogens with two attached hydrogens (primary N) is 1. The Morgan fingerprint density at radius 1 is 1.33 bits per heavy atom. The molecule has 0 saturated heterocycles. The van der Waals surface area contributed by atoms with Gasteiger partial charge in [0.25, 0.3) is 0 Å². The van der Waals surface area contributed by atoms with E-state index in [0.29, 0.717) is 44.5 Å². The molecule has 104 valence electrons. The van der Waals surface area contributed by atoms with Crippen molar-refractivity contribution in [3.8, 4) is 0 Å². The van der Waals surface area contributed by atoms with Crippen LogP contribution >= 0.6 is 0 Å². The van der Waals surface area contributed by atoms with Gasteiger partial charge in [-0.2, -0.15) is 4.98 Å². The number of methoxy groups -OCH3 is 1. The van der Waals surface area contributed by atoms with Gasteiger partial charge in [-0.05, 0) is 6.42 Å². The Morgan fingerprint density at radius 2 is 2.17 bits per heavy atom. The minimum atomic E-state index is 0.172. The number of aromatic nitrogens is 2. The SMILES string of the molecule is CCCC(CN)c1nc(CCOCCOC)no1. The first-order valence-corrected chi connectivity index (χ1v) is 6.41. The summed E-state index contributed by atoms with van der Waals surface area (Å²) in [6.07, 6.45) is 2.68. The third-order valence-electron chi connectivity index (χ3n) is 2.66. The lowest BCUT2D eigenvalue weighted by atomic mass is 10.0. The Morgan fingerprint density at radius 3 is 2.83 bits per heavy atom. The van der Waals surface area contributed by atoms with E-state index in [-0.39, 0.29) is 5.92 Å². The van der Waals surface area contributed by atoms with Gasteiger partial charge in [-0.25, -0.2) is 0 Å². The maximum atomic E-state index is 5.69. The zero-order valence-electron chi connectivity index (χ0n) is 11.2. The Bertz CT molecular complexity index is 317. The molecule has 6 heteroatoms. The monoisotopic (exact) mass is 257 g/mol. The lowest BCUT2D eigenvalue weighted by molar-refractivity contribution is 0.0714. The first-order chi connectivity index (χ1) is 8.81. The van der Waals surface area contributed by atoms with Crippen molar-refractivity contribution < 1.29 is 14.0 Å². The van der Waals surface area contributed by atoms with E-state index in [1.54, 1.807) is 7.11 Å². The standard InChI is InChI=1S/C12H23N3O3/c1-3-4-10(9-13)12-14-11(15-18-12)5-6-17-8-7-16-2/h10H,3-9,13H2,1-2H3. The summed E-state index contributed by atoms with van der Waals surface area (Å²) in [6.45, 7) is 4.42. The Hall–Kier alpha value is -0.980. The van der Waals surface area contributed by atoms with Crippen LogP contribution in [0.5, 0.6) is 0 Å². The molecule has 0 bridgehead atoms. The molecular weight excluding hydrogens is 234 g/mol. The minimum absolute atomic E-state index is 0.172. The van der Waals surface area contributed by atoms with Crippen LogP contribution in [0.3, 0.4) is 0 Å². The van der Waals surface area contributed by atoms with Gasteiger partial charge in [0, 0.05) is 20.1 Å². The molecule has 1 unspecified atom stereocenters. The third kappa shape index (κ3) is 5.12. The molecule has 1 heterocycles. The summed E-state index contributed by atoms with van der Waals surface area (Å²) in [5.41, 5.74) is 5.69. The lowest BCUT2D eigenvalue weighted by Crippen LogP contribution is -2.12. The van der Waals surface area contributed by atoms with Crippen LogP contribution in [0.2, 0.25) is 0 Å². The first-order valence-electron chi connectivity index (χ1n) is 6.41. The third-order valence-corrected chi connectivity index (χ3v) is 2.66. The molecule has 0 aliphatic carbocycles. The van der Waals surface area contributed by atoms with E-state index < -0.39 is 0 Å². The van der Waals surface area contributed by atoms with Gasteiger partial charge in [0.15, 0.2) is 5.82 Å². The highest BCUT2D eigenvalue weighted by Gasteiger charge is 2.16. The van der Waals surface area contributed by atoms with Crippen molar-refractivity contribution in [1.29, 1.82) is 0 Å². The van der Waals surface area contributed by atoms with Gasteiger partial charge in [0.1, 0.15) is 0 Å². The van der Waals surface area contributed by atoms with Gasteiger partial charge in [0.2, 0.25) is 5.89 Å². The van der Waals surface area contributed by atoms with Gasteiger partial charge in [-0.1, -0.05) is 18.5 Å². The highest BCUT2D eigenvalue weighted by atomic mass is 16.5. The van der Waals surface area contributed by atoms with Gasteiger partial charge < -0.3 is 19.7 Å². The highest BCUT2D eigenvalue weighted by molar-refractivity contribution is 4.94. The Labute approximate surface area is 108 Å². The molecule has 6 nitrogen and oxygen atoms in total. The van der Waals surface area contributed by atoms with Crippen molar-refractivity contribution in [1.82, 2.24) is 10.1 Å². The Kier molecular flexibility index (Phi) is 7.55. The molecule has 2 N–H and O–H groups in total. The number of hydrogen-bond donors (Lipinski definition) is 1. The summed E-state index contributed by atoms with van der Waals surface area (Å²) in [5.74, 6) is 1.49. The van der Waals surface area contributed by atoms with Crippen LogP contribution in [-0.2, 0) is 15.9 Å². The quantitative estimate of drug-likeness (QED) is 0.632. The number of nitrogens with zero attached hydrogens (tertiary/aromatic N) is 2. The van der Waals surface area contributed by atoms with Crippen molar-refractivity contribution in [3.05, 3.63) is 11.7 Å². The van der Waals surface area contributed by atoms with Gasteiger partial charge in [-0.15, -0.1) is 0 Å². The smallest absolute Gasteiger partial charge is 0.231 e. The van der Waals surface area contributed by atoms with Crippen LogP contribution in [0.4, 0.5) is 0 Å². The zero-order chi connectivity index (χ0) is 13.2. The number of rotatable bonds is 10. The molecule has 0 aromatic carbocycles. The molecule has 1 aromatic heterocycles. The Balaban J connectivity index is 2.33. The largest absolute Gasteiger partial charge is 0.382 e. The maximum absolute atomic E-state index is 5.69. The van der Waals surface area contributed by atoms with Crippen molar-refractivity contribution in [2.45, 2.75) is 32.1 Å². The van der Waals surface area contributed by atoms with Gasteiger partial charge in [-0.3, -0.25) is 0 Å². The van der Waals surface area contributed by atoms with Crippen molar-refractivity contribution >= 4 is 0 Å². The van der Waals surface area contributed by atoms with Crippen LogP contribution in [0.1, 0.15) is 37.4 Å². The average Bonchev–Trinajstić information content (AvgIpc) is 2.84. The molecule has 0 aliphatic rings. The molecule has 1 aromatic rings. The van der Waals surface area contributed by atoms with E-state index in [9.17, 15) is 0 Å². The fourth-order valence-electron chi connectivity index (χ4n) is 1.63. The van der Waals surface area contributed by atoms with E-state index >= 15 is 0 Å². The molecule has 0 fully saturated rings. The second-order valence-corrected chi connectivity index (χ2v) is 4.13. The minimum Gasteiger partial charge on any atom is -0.382 e. The molecular formula is C12H23N3O3. The summed E-state index contributed by atoms with van der Waals surface area (Å²) in [7, 11) is 1.65. The fraction of sp³-hybridized carbons (Fsp3) is 0.833. The van der Waals surface area contributed by atoms with E-state index in [2.05, 4.69) is 17.1 Å². The van der Waals surface area contributed by atoms with E-state index in [1.165, 1.54) is 0 Å². The highest BCUT2D eigenvalue weighted by Crippen LogP contribution is 2.18. The number of ether oxygens (including phenoxy) is 2. The average molecular weight is 257 g/mol. The van der Waals surface area contributed by atoms with Crippen LogP contribution in [0.15, 0.2) is 4.52 Å². The van der Waals surface area contributed by atoms with Crippen molar-refractivity contribution in [2.24, 2.45) is 5.73 Å².